The molecule has 0 saturated carbocycles. The maximum Gasteiger partial charge on any atom is 0.314 e. The first-order chi connectivity index (χ1) is 11.2. The van der Waals surface area contributed by atoms with Crippen LogP contribution in [0.2, 0.25) is 5.02 Å². The zero-order valence-electron chi connectivity index (χ0n) is 12.6. The van der Waals surface area contributed by atoms with Crippen LogP contribution in [0.1, 0.15) is 11.1 Å². The topological polar surface area (TPSA) is 58.2 Å². The Morgan fingerprint density at radius 1 is 0.958 bits per heavy atom. The van der Waals surface area contributed by atoms with Crippen molar-refractivity contribution in [2.75, 3.05) is 10.6 Å². The third-order valence-corrected chi connectivity index (χ3v) is 3.46. The number of hydrogen-bond acceptors (Lipinski definition) is 2. The van der Waals surface area contributed by atoms with Crippen LogP contribution < -0.4 is 10.6 Å². The largest absolute Gasteiger partial charge is 0.316 e. The minimum Gasteiger partial charge on any atom is -0.316 e. The highest BCUT2D eigenvalue weighted by Crippen LogP contribution is 2.27. The lowest BCUT2D eigenvalue weighted by Crippen LogP contribution is -2.30. The van der Waals surface area contributed by atoms with Crippen LogP contribution in [0.5, 0.6) is 0 Å². The molecule has 0 unspecified atom stereocenters. The van der Waals surface area contributed by atoms with Gasteiger partial charge in [-0.1, -0.05) is 17.7 Å². The third kappa shape index (κ3) is 3.68. The quantitative estimate of drug-likeness (QED) is 0.632. The molecular formula is C16H12ClF3N2O2. The molecule has 0 heterocycles. The highest BCUT2D eigenvalue weighted by atomic mass is 35.5. The number of amides is 2. The molecule has 4 nitrogen and oxygen atoms in total. The van der Waals surface area contributed by atoms with Gasteiger partial charge in [-0.3, -0.25) is 9.59 Å². The van der Waals surface area contributed by atoms with Gasteiger partial charge in [0.25, 0.3) is 0 Å². The molecule has 2 aromatic carbocycles. The number of benzene rings is 2. The molecule has 0 aliphatic rings. The molecule has 2 aromatic rings. The Balaban J connectivity index is 2.17. The maximum absolute atomic E-state index is 13.5. The SMILES string of the molecule is Cc1cc(C)c(NC(=O)C(=O)Nc2ccc(F)c(F)c2F)c(Cl)c1. The van der Waals surface area contributed by atoms with Crippen molar-refractivity contribution >= 4 is 34.8 Å². The van der Waals surface area contributed by atoms with E-state index in [1.807, 2.05) is 12.2 Å². The summed E-state index contributed by atoms with van der Waals surface area (Å²) in [5.74, 6) is -7.13. The van der Waals surface area contributed by atoms with E-state index in [0.717, 1.165) is 11.6 Å². The van der Waals surface area contributed by atoms with Gasteiger partial charge in [-0.05, 0) is 43.2 Å². The number of rotatable bonds is 2. The third-order valence-electron chi connectivity index (χ3n) is 3.16. The fourth-order valence-corrected chi connectivity index (χ4v) is 2.41. The molecule has 2 rings (SSSR count). The summed E-state index contributed by atoms with van der Waals surface area (Å²) in [5, 5.41) is 4.40. The van der Waals surface area contributed by atoms with E-state index in [1.165, 1.54) is 0 Å². The van der Waals surface area contributed by atoms with Crippen molar-refractivity contribution in [1.82, 2.24) is 0 Å². The van der Waals surface area contributed by atoms with E-state index in [2.05, 4.69) is 5.32 Å². The van der Waals surface area contributed by atoms with Crippen LogP contribution >= 0.6 is 11.6 Å². The summed E-state index contributed by atoms with van der Waals surface area (Å²) in [6.07, 6.45) is 0. The van der Waals surface area contributed by atoms with Gasteiger partial charge in [0.2, 0.25) is 0 Å². The Morgan fingerprint density at radius 2 is 1.58 bits per heavy atom. The summed E-state index contributed by atoms with van der Waals surface area (Å²) < 4.78 is 39.5. The molecule has 0 aliphatic carbocycles. The van der Waals surface area contributed by atoms with Crippen molar-refractivity contribution in [2.24, 2.45) is 0 Å². The molecule has 0 bridgehead atoms. The first kappa shape index (κ1) is 17.8. The van der Waals surface area contributed by atoms with Crippen molar-refractivity contribution in [3.63, 3.8) is 0 Å². The van der Waals surface area contributed by atoms with Gasteiger partial charge < -0.3 is 10.6 Å². The zero-order chi connectivity index (χ0) is 18.0. The van der Waals surface area contributed by atoms with Crippen molar-refractivity contribution in [3.8, 4) is 0 Å². The van der Waals surface area contributed by atoms with Gasteiger partial charge in [-0.2, -0.15) is 0 Å². The Kier molecular flexibility index (Phi) is 5.14. The number of carbonyl (C=O) groups excluding carboxylic acids is 2. The summed E-state index contributed by atoms with van der Waals surface area (Å²) in [4.78, 5) is 23.7. The second kappa shape index (κ2) is 6.92. The second-order valence-electron chi connectivity index (χ2n) is 5.07. The number of nitrogens with one attached hydrogen (secondary N) is 2. The normalized spacial score (nSPS) is 10.4. The second-order valence-corrected chi connectivity index (χ2v) is 5.48. The predicted molar refractivity (Wildman–Crippen MR) is 84.5 cm³/mol. The fourth-order valence-electron chi connectivity index (χ4n) is 2.05. The number of halogens is 4. The number of aryl methyl sites for hydroxylation is 2. The van der Waals surface area contributed by atoms with E-state index >= 15 is 0 Å². The van der Waals surface area contributed by atoms with Crippen molar-refractivity contribution < 1.29 is 22.8 Å². The average molecular weight is 357 g/mol. The lowest BCUT2D eigenvalue weighted by molar-refractivity contribution is -0.133. The molecular weight excluding hydrogens is 345 g/mol. The van der Waals surface area contributed by atoms with E-state index in [0.29, 0.717) is 11.6 Å². The zero-order valence-corrected chi connectivity index (χ0v) is 13.4. The van der Waals surface area contributed by atoms with Crippen LogP contribution in [0.4, 0.5) is 24.5 Å². The highest BCUT2D eigenvalue weighted by molar-refractivity contribution is 6.45. The van der Waals surface area contributed by atoms with E-state index in [9.17, 15) is 22.8 Å². The van der Waals surface area contributed by atoms with E-state index in [4.69, 9.17) is 11.6 Å². The van der Waals surface area contributed by atoms with Crippen molar-refractivity contribution in [1.29, 1.82) is 0 Å². The molecule has 0 aliphatic heterocycles. The van der Waals surface area contributed by atoms with Crippen LogP contribution in [-0.4, -0.2) is 11.8 Å². The summed E-state index contributed by atoms with van der Waals surface area (Å²) in [7, 11) is 0. The molecule has 126 valence electrons. The van der Waals surface area contributed by atoms with Gasteiger partial charge in [0.1, 0.15) is 0 Å². The number of carbonyl (C=O) groups is 2. The molecule has 2 amide bonds. The number of hydrogen-bond donors (Lipinski definition) is 2. The van der Waals surface area contributed by atoms with Crippen LogP contribution in [-0.2, 0) is 9.59 Å². The summed E-state index contributed by atoms with van der Waals surface area (Å²) in [5.41, 5.74) is 1.07. The fraction of sp³-hybridized carbons (Fsp3) is 0.125. The van der Waals surface area contributed by atoms with Gasteiger partial charge in [0.15, 0.2) is 17.5 Å². The van der Waals surface area contributed by atoms with Crippen molar-refractivity contribution in [2.45, 2.75) is 13.8 Å². The first-order valence-electron chi connectivity index (χ1n) is 6.73. The van der Waals surface area contributed by atoms with Crippen LogP contribution in [0.15, 0.2) is 24.3 Å². The van der Waals surface area contributed by atoms with Gasteiger partial charge in [0, 0.05) is 0 Å². The van der Waals surface area contributed by atoms with Gasteiger partial charge >= 0.3 is 11.8 Å². The van der Waals surface area contributed by atoms with Gasteiger partial charge in [0.05, 0.1) is 16.4 Å². The minimum absolute atomic E-state index is 0.229. The van der Waals surface area contributed by atoms with E-state index < -0.39 is 35.0 Å². The molecule has 0 spiro atoms. The molecule has 0 saturated heterocycles. The summed E-state index contributed by atoms with van der Waals surface area (Å²) in [6.45, 7) is 3.49. The molecule has 2 N–H and O–H groups in total. The standard InChI is InChI=1S/C16H12ClF3N2O2/c1-7-5-8(2)14(9(17)6-7)22-16(24)15(23)21-11-4-3-10(18)12(19)13(11)20/h3-6H,1-2H3,(H,21,23)(H,22,24). The highest BCUT2D eigenvalue weighted by Gasteiger charge is 2.20. The minimum atomic E-state index is -1.74. The predicted octanol–water partition coefficient (Wildman–Crippen LogP) is 3.95. The average Bonchev–Trinajstić information content (AvgIpc) is 2.51. The van der Waals surface area contributed by atoms with Crippen LogP contribution in [0.25, 0.3) is 0 Å². The molecule has 0 radical (unpaired) electrons. The lowest BCUT2D eigenvalue weighted by atomic mass is 10.1. The van der Waals surface area contributed by atoms with Crippen LogP contribution in [0.3, 0.4) is 0 Å². The summed E-state index contributed by atoms with van der Waals surface area (Å²) >= 11 is 6.01. The Hall–Kier alpha value is -2.54. The molecule has 0 aromatic heterocycles. The maximum atomic E-state index is 13.5. The first-order valence-corrected chi connectivity index (χ1v) is 7.11. The Labute approximate surface area is 140 Å². The lowest BCUT2D eigenvalue weighted by Gasteiger charge is -2.12. The van der Waals surface area contributed by atoms with E-state index in [-0.39, 0.29) is 10.7 Å². The smallest absolute Gasteiger partial charge is 0.314 e. The number of anilines is 2. The Morgan fingerprint density at radius 3 is 2.21 bits per heavy atom. The molecule has 0 fully saturated rings. The van der Waals surface area contributed by atoms with Crippen LogP contribution in [0, 0.1) is 31.3 Å². The molecule has 24 heavy (non-hydrogen) atoms. The summed E-state index contributed by atoms with van der Waals surface area (Å²) in [6, 6.07) is 4.78. The molecule has 8 heteroatoms. The monoisotopic (exact) mass is 356 g/mol. The Bertz CT molecular complexity index is 817. The van der Waals surface area contributed by atoms with Gasteiger partial charge in [-0.15, -0.1) is 0 Å². The van der Waals surface area contributed by atoms with E-state index in [1.54, 1.807) is 19.1 Å². The molecule has 0 atom stereocenters. The van der Waals surface area contributed by atoms with Gasteiger partial charge in [-0.25, -0.2) is 13.2 Å². The van der Waals surface area contributed by atoms with Crippen molar-refractivity contribution in [3.05, 3.63) is 57.9 Å².